The highest BCUT2D eigenvalue weighted by molar-refractivity contribution is 5.77. The van der Waals surface area contributed by atoms with Gasteiger partial charge < -0.3 is 14.5 Å². The average molecular weight is 373 g/mol. The van der Waals surface area contributed by atoms with E-state index in [0.29, 0.717) is 30.6 Å². The standard InChI is InChI=1S/C22H32N2O3/c1-23-16-19(18-7-4-3-5-8-18)15-22(17-23)11-13-24(14-12-22)20(25)9-6-10-21(26)27-2/h3-5,7-8,19H,6,9-17H2,1-2H3/t19-/m1/s1. The van der Waals surface area contributed by atoms with Crippen LogP contribution < -0.4 is 0 Å². The van der Waals surface area contributed by atoms with Crippen molar-refractivity contribution in [3.05, 3.63) is 35.9 Å². The molecule has 0 aromatic heterocycles. The molecule has 3 rings (SSSR count). The molecule has 1 amide bonds. The van der Waals surface area contributed by atoms with Crippen LogP contribution in [0.25, 0.3) is 0 Å². The zero-order valence-electron chi connectivity index (χ0n) is 16.7. The molecule has 5 heteroatoms. The monoisotopic (exact) mass is 372 g/mol. The maximum atomic E-state index is 12.5. The van der Waals surface area contributed by atoms with Crippen LogP contribution in [-0.4, -0.2) is 62.0 Å². The molecule has 2 heterocycles. The number of hydrogen-bond donors (Lipinski definition) is 0. The van der Waals surface area contributed by atoms with Crippen molar-refractivity contribution in [1.82, 2.24) is 9.80 Å². The largest absolute Gasteiger partial charge is 0.469 e. The number of hydrogen-bond acceptors (Lipinski definition) is 4. The van der Waals surface area contributed by atoms with Crippen molar-refractivity contribution < 1.29 is 14.3 Å². The van der Waals surface area contributed by atoms with E-state index in [1.807, 2.05) is 4.90 Å². The lowest BCUT2D eigenvalue weighted by atomic mass is 9.68. The van der Waals surface area contributed by atoms with E-state index < -0.39 is 0 Å². The number of likely N-dealkylation sites (tertiary alicyclic amines) is 2. The van der Waals surface area contributed by atoms with Gasteiger partial charge in [-0.05, 0) is 49.6 Å². The van der Waals surface area contributed by atoms with Crippen molar-refractivity contribution in [3.8, 4) is 0 Å². The van der Waals surface area contributed by atoms with Gasteiger partial charge in [0.05, 0.1) is 7.11 Å². The Kier molecular flexibility index (Phi) is 6.53. The van der Waals surface area contributed by atoms with Gasteiger partial charge in [-0.1, -0.05) is 30.3 Å². The van der Waals surface area contributed by atoms with E-state index >= 15 is 0 Å². The molecule has 2 fully saturated rings. The second kappa shape index (κ2) is 8.87. The van der Waals surface area contributed by atoms with Gasteiger partial charge in [0, 0.05) is 39.0 Å². The lowest BCUT2D eigenvalue weighted by molar-refractivity contribution is -0.141. The number of amides is 1. The van der Waals surface area contributed by atoms with E-state index in [1.165, 1.54) is 19.1 Å². The first kappa shape index (κ1) is 19.9. The summed E-state index contributed by atoms with van der Waals surface area (Å²) < 4.78 is 4.64. The number of likely N-dealkylation sites (N-methyl/N-ethyl adjacent to an activating group) is 1. The van der Waals surface area contributed by atoms with E-state index in [1.54, 1.807) is 0 Å². The summed E-state index contributed by atoms with van der Waals surface area (Å²) in [5, 5.41) is 0. The van der Waals surface area contributed by atoms with Crippen LogP contribution >= 0.6 is 0 Å². The fraction of sp³-hybridized carbons (Fsp3) is 0.636. The van der Waals surface area contributed by atoms with Gasteiger partial charge in [0.25, 0.3) is 0 Å². The van der Waals surface area contributed by atoms with Crippen LogP contribution in [0.1, 0.15) is 50.0 Å². The van der Waals surface area contributed by atoms with E-state index in [0.717, 1.165) is 39.0 Å². The SMILES string of the molecule is COC(=O)CCCC(=O)N1CCC2(CC1)C[C@@H](c1ccccc1)CN(C)C2. The molecule has 0 bridgehead atoms. The lowest BCUT2D eigenvalue weighted by Crippen LogP contribution is -2.51. The van der Waals surface area contributed by atoms with Crippen LogP contribution in [0.5, 0.6) is 0 Å². The number of ether oxygens (including phenoxy) is 1. The van der Waals surface area contributed by atoms with Crippen molar-refractivity contribution in [2.24, 2.45) is 5.41 Å². The zero-order valence-corrected chi connectivity index (χ0v) is 16.7. The first-order chi connectivity index (χ1) is 13.0. The molecule has 2 saturated heterocycles. The Hall–Kier alpha value is -1.88. The second-order valence-electron chi connectivity index (χ2n) is 8.32. The van der Waals surface area contributed by atoms with Gasteiger partial charge in [0.2, 0.25) is 5.91 Å². The summed E-state index contributed by atoms with van der Waals surface area (Å²) in [6.45, 7) is 3.92. The number of benzene rings is 1. The Bertz CT molecular complexity index is 638. The van der Waals surface area contributed by atoms with Gasteiger partial charge in [0.15, 0.2) is 0 Å². The van der Waals surface area contributed by atoms with E-state index in [4.69, 9.17) is 0 Å². The third-order valence-electron chi connectivity index (χ3n) is 6.26. The van der Waals surface area contributed by atoms with Crippen molar-refractivity contribution in [2.75, 3.05) is 40.3 Å². The van der Waals surface area contributed by atoms with Crippen molar-refractivity contribution in [2.45, 2.75) is 44.4 Å². The van der Waals surface area contributed by atoms with Gasteiger partial charge in [-0.2, -0.15) is 0 Å². The highest BCUT2D eigenvalue weighted by atomic mass is 16.5. The quantitative estimate of drug-likeness (QED) is 0.746. The van der Waals surface area contributed by atoms with Gasteiger partial charge in [0.1, 0.15) is 0 Å². The van der Waals surface area contributed by atoms with E-state index in [9.17, 15) is 9.59 Å². The molecule has 0 unspecified atom stereocenters. The topological polar surface area (TPSA) is 49.9 Å². The van der Waals surface area contributed by atoms with E-state index in [2.05, 4.69) is 47.0 Å². The van der Waals surface area contributed by atoms with Crippen molar-refractivity contribution in [3.63, 3.8) is 0 Å². The van der Waals surface area contributed by atoms with Crippen LogP contribution in [-0.2, 0) is 14.3 Å². The molecule has 148 valence electrons. The average Bonchev–Trinajstić information content (AvgIpc) is 2.68. The molecule has 2 aliphatic heterocycles. The Morgan fingerprint density at radius 3 is 2.52 bits per heavy atom. The molecule has 0 aliphatic carbocycles. The lowest BCUT2D eigenvalue weighted by Gasteiger charge is -2.49. The Morgan fingerprint density at radius 1 is 1.15 bits per heavy atom. The number of nitrogens with zero attached hydrogens (tertiary/aromatic N) is 2. The fourth-order valence-electron chi connectivity index (χ4n) is 4.85. The first-order valence-corrected chi connectivity index (χ1v) is 10.1. The summed E-state index contributed by atoms with van der Waals surface area (Å²) in [7, 11) is 3.61. The third kappa shape index (κ3) is 5.10. The van der Waals surface area contributed by atoms with Gasteiger partial charge >= 0.3 is 5.97 Å². The molecule has 0 N–H and O–H groups in total. The third-order valence-corrected chi connectivity index (χ3v) is 6.26. The molecular formula is C22H32N2O3. The summed E-state index contributed by atoms with van der Waals surface area (Å²) in [5.74, 6) is 0.516. The van der Waals surface area contributed by atoms with Crippen molar-refractivity contribution in [1.29, 1.82) is 0 Å². The predicted molar refractivity (Wildman–Crippen MR) is 105 cm³/mol. The molecule has 1 atom stereocenters. The molecule has 0 saturated carbocycles. The maximum absolute atomic E-state index is 12.5. The zero-order chi connectivity index (χ0) is 19.3. The van der Waals surface area contributed by atoms with Gasteiger partial charge in [-0.15, -0.1) is 0 Å². The summed E-state index contributed by atoms with van der Waals surface area (Å²) in [5.41, 5.74) is 1.75. The molecule has 5 nitrogen and oxygen atoms in total. The molecule has 1 aromatic rings. The van der Waals surface area contributed by atoms with Crippen molar-refractivity contribution >= 4 is 11.9 Å². The number of methoxy groups -OCH3 is 1. The van der Waals surface area contributed by atoms with Gasteiger partial charge in [-0.25, -0.2) is 0 Å². The molecule has 0 radical (unpaired) electrons. The van der Waals surface area contributed by atoms with Crippen LogP contribution in [0.15, 0.2) is 30.3 Å². The Morgan fingerprint density at radius 2 is 1.85 bits per heavy atom. The van der Waals surface area contributed by atoms with Gasteiger partial charge in [-0.3, -0.25) is 9.59 Å². The van der Waals surface area contributed by atoms with Crippen LogP contribution in [0.3, 0.4) is 0 Å². The smallest absolute Gasteiger partial charge is 0.305 e. The van der Waals surface area contributed by atoms with E-state index in [-0.39, 0.29) is 11.9 Å². The Labute approximate surface area is 162 Å². The second-order valence-corrected chi connectivity index (χ2v) is 8.32. The number of rotatable bonds is 5. The minimum Gasteiger partial charge on any atom is -0.469 e. The fourth-order valence-corrected chi connectivity index (χ4v) is 4.85. The minimum absolute atomic E-state index is 0.178. The number of carbonyl (C=O) groups is 2. The molecule has 1 aromatic carbocycles. The first-order valence-electron chi connectivity index (χ1n) is 10.1. The highest BCUT2D eigenvalue weighted by Gasteiger charge is 2.41. The number of esters is 1. The summed E-state index contributed by atoms with van der Waals surface area (Å²) in [6, 6.07) is 10.8. The summed E-state index contributed by atoms with van der Waals surface area (Å²) >= 11 is 0. The highest BCUT2D eigenvalue weighted by Crippen LogP contribution is 2.44. The van der Waals surface area contributed by atoms with Crippen LogP contribution in [0.2, 0.25) is 0 Å². The van der Waals surface area contributed by atoms with Crippen LogP contribution in [0, 0.1) is 5.41 Å². The molecular weight excluding hydrogens is 340 g/mol. The number of carbonyl (C=O) groups excluding carboxylic acids is 2. The number of piperidine rings is 2. The molecule has 27 heavy (non-hydrogen) atoms. The minimum atomic E-state index is -0.238. The predicted octanol–water partition coefficient (Wildman–Crippen LogP) is 3.06. The molecule has 1 spiro atoms. The summed E-state index contributed by atoms with van der Waals surface area (Å²) in [4.78, 5) is 28.1. The summed E-state index contributed by atoms with van der Waals surface area (Å²) in [6.07, 6.45) is 4.70. The maximum Gasteiger partial charge on any atom is 0.305 e. The Balaban J connectivity index is 1.53. The normalized spacial score (nSPS) is 22.6. The molecule has 2 aliphatic rings. The van der Waals surface area contributed by atoms with Crippen LogP contribution in [0.4, 0.5) is 0 Å².